The Morgan fingerprint density at radius 2 is 1.75 bits per heavy atom. The van der Waals surface area contributed by atoms with E-state index in [2.05, 4.69) is 23.9 Å². The minimum absolute atomic E-state index is 0.0519. The highest BCUT2D eigenvalue weighted by Gasteiger charge is 2.41. The molecule has 1 aliphatic carbocycles. The molecule has 152 valence electrons. The number of carbonyl (C=O) groups excluding carboxylic acids is 1. The van der Waals surface area contributed by atoms with E-state index in [1.54, 1.807) is 11.0 Å². The molecule has 2 fully saturated rings. The molecular weight excluding hydrogens is 357 g/mol. The highest BCUT2D eigenvalue weighted by atomic mass is 19.1. The maximum atomic E-state index is 13.6. The lowest BCUT2D eigenvalue weighted by Gasteiger charge is -2.43. The van der Waals surface area contributed by atoms with Gasteiger partial charge >= 0.3 is 0 Å². The number of carbonyl (C=O) groups is 1. The number of nitrogens with zero attached hydrogens (tertiary/aromatic N) is 3. The number of oxime groups is 1. The molecule has 0 radical (unpaired) electrons. The molecule has 2 aliphatic heterocycles. The van der Waals surface area contributed by atoms with E-state index in [0.29, 0.717) is 17.3 Å². The van der Waals surface area contributed by atoms with Gasteiger partial charge in [0.15, 0.2) is 5.71 Å². The van der Waals surface area contributed by atoms with E-state index in [9.17, 15) is 14.4 Å². The summed E-state index contributed by atoms with van der Waals surface area (Å²) in [6.07, 6.45) is 6.99. The molecule has 4 rings (SSSR count). The lowest BCUT2D eigenvalue weighted by Crippen LogP contribution is -2.50. The average Bonchev–Trinajstić information content (AvgIpc) is 2.98. The van der Waals surface area contributed by atoms with Crippen LogP contribution in [0.2, 0.25) is 0 Å². The van der Waals surface area contributed by atoms with Crippen molar-refractivity contribution in [3.8, 4) is 0 Å². The summed E-state index contributed by atoms with van der Waals surface area (Å²) in [6, 6.07) is 5.01. The second kappa shape index (κ2) is 7.82. The van der Waals surface area contributed by atoms with Crippen LogP contribution >= 0.6 is 0 Å². The summed E-state index contributed by atoms with van der Waals surface area (Å²) in [7, 11) is 0. The molecule has 28 heavy (non-hydrogen) atoms. The molecule has 1 saturated carbocycles. The summed E-state index contributed by atoms with van der Waals surface area (Å²) in [5.74, 6) is 0.893. The molecule has 1 aromatic carbocycles. The number of hydrogen-bond acceptors (Lipinski definition) is 4. The first-order valence-corrected chi connectivity index (χ1v) is 10.6. The number of benzene rings is 1. The normalized spacial score (nSPS) is 28.4. The molecule has 0 bridgehead atoms. The molecule has 1 amide bonds. The molecule has 2 heterocycles. The van der Waals surface area contributed by atoms with Crippen molar-refractivity contribution >= 4 is 17.3 Å². The zero-order valence-electron chi connectivity index (χ0n) is 16.8. The fraction of sp³-hybridized carbons (Fsp3) is 0.636. The van der Waals surface area contributed by atoms with Crippen LogP contribution in [0.1, 0.15) is 57.9 Å². The second-order valence-electron chi connectivity index (χ2n) is 8.86. The highest BCUT2D eigenvalue weighted by molar-refractivity contribution is 6.54. The lowest BCUT2D eigenvalue weighted by atomic mass is 9.79. The van der Waals surface area contributed by atoms with Gasteiger partial charge in [-0.25, -0.2) is 4.39 Å². The van der Waals surface area contributed by atoms with Crippen LogP contribution in [-0.2, 0) is 4.79 Å². The van der Waals surface area contributed by atoms with Crippen molar-refractivity contribution in [3.63, 3.8) is 0 Å². The van der Waals surface area contributed by atoms with Gasteiger partial charge in [-0.05, 0) is 68.6 Å². The molecule has 1 saturated heterocycles. The molecule has 1 aromatic rings. The maximum absolute atomic E-state index is 13.6. The summed E-state index contributed by atoms with van der Waals surface area (Å²) in [4.78, 5) is 17.1. The molecule has 0 atom stereocenters. The van der Waals surface area contributed by atoms with E-state index in [1.807, 2.05) is 0 Å². The van der Waals surface area contributed by atoms with Crippen molar-refractivity contribution in [1.82, 2.24) is 4.90 Å². The van der Waals surface area contributed by atoms with Crippen LogP contribution in [0.25, 0.3) is 0 Å². The molecular formula is C22H30FN3O2. The predicted octanol–water partition coefficient (Wildman–Crippen LogP) is 4.03. The molecule has 6 heteroatoms. The van der Waals surface area contributed by atoms with Crippen LogP contribution in [0.15, 0.2) is 23.4 Å². The van der Waals surface area contributed by atoms with Gasteiger partial charge in [0.25, 0.3) is 5.91 Å². The largest absolute Gasteiger partial charge is 0.410 e. The smallest absolute Gasteiger partial charge is 0.281 e. The van der Waals surface area contributed by atoms with E-state index in [4.69, 9.17) is 0 Å². The van der Waals surface area contributed by atoms with E-state index < -0.39 is 5.82 Å². The van der Waals surface area contributed by atoms with Crippen molar-refractivity contribution in [1.29, 1.82) is 0 Å². The third kappa shape index (κ3) is 3.43. The molecule has 3 aliphatic rings. The third-order valence-electron chi connectivity index (χ3n) is 7.06. The van der Waals surface area contributed by atoms with Gasteiger partial charge in [0, 0.05) is 30.7 Å². The Balaban J connectivity index is 1.41. The van der Waals surface area contributed by atoms with Gasteiger partial charge in [-0.1, -0.05) is 19.0 Å². The summed E-state index contributed by atoms with van der Waals surface area (Å²) in [5.41, 5.74) is 1.00. The number of hydrogen-bond donors (Lipinski definition) is 1. The van der Waals surface area contributed by atoms with E-state index in [0.717, 1.165) is 37.8 Å². The summed E-state index contributed by atoms with van der Waals surface area (Å²) in [6.45, 7) is 6.62. The zero-order chi connectivity index (χ0) is 19.8. The summed E-state index contributed by atoms with van der Waals surface area (Å²) >= 11 is 0. The van der Waals surface area contributed by atoms with Gasteiger partial charge in [0.1, 0.15) is 5.82 Å². The molecule has 0 aromatic heterocycles. The van der Waals surface area contributed by atoms with Gasteiger partial charge < -0.3 is 15.0 Å². The van der Waals surface area contributed by atoms with Crippen LogP contribution in [0.5, 0.6) is 0 Å². The number of halogens is 1. The first-order chi connectivity index (χ1) is 13.5. The van der Waals surface area contributed by atoms with Crippen molar-refractivity contribution in [2.24, 2.45) is 17.0 Å². The number of rotatable bonds is 3. The number of amides is 1. The van der Waals surface area contributed by atoms with Crippen molar-refractivity contribution < 1.29 is 14.4 Å². The quantitative estimate of drug-likeness (QED) is 0.629. The van der Waals surface area contributed by atoms with Gasteiger partial charge in [-0.3, -0.25) is 4.79 Å². The maximum Gasteiger partial charge on any atom is 0.281 e. The van der Waals surface area contributed by atoms with Crippen molar-refractivity contribution in [2.75, 3.05) is 18.0 Å². The average molecular weight is 387 g/mol. The van der Waals surface area contributed by atoms with Crippen molar-refractivity contribution in [3.05, 3.63) is 29.6 Å². The molecule has 0 spiro atoms. The monoisotopic (exact) mass is 387 g/mol. The van der Waals surface area contributed by atoms with Crippen LogP contribution in [0, 0.1) is 17.7 Å². The minimum Gasteiger partial charge on any atom is -0.410 e. The number of likely N-dealkylation sites (tertiary alicyclic amines) is 1. The standard InChI is InChI=1S/C22H30FN3O2/c1-14(2)15-3-6-17(7-4-15)25-11-9-18(10-12-25)26-20-8-5-16(23)13-19(20)21(24-28)22(26)27/h5,8,13-15,17-18,28H,3-4,6-7,9-12H2,1-2H3/b24-21-. The lowest BCUT2D eigenvalue weighted by molar-refractivity contribution is -0.113. The molecule has 0 unspecified atom stereocenters. The minimum atomic E-state index is -0.429. The summed E-state index contributed by atoms with van der Waals surface area (Å²) in [5, 5.41) is 12.4. The fourth-order valence-corrected chi connectivity index (χ4v) is 5.35. The summed E-state index contributed by atoms with van der Waals surface area (Å²) < 4.78 is 13.6. The zero-order valence-corrected chi connectivity index (χ0v) is 16.8. The Morgan fingerprint density at radius 3 is 2.36 bits per heavy atom. The van der Waals surface area contributed by atoms with E-state index in [1.165, 1.54) is 37.8 Å². The number of fused-ring (bicyclic) bond motifs is 1. The van der Waals surface area contributed by atoms with Crippen LogP contribution in [0.4, 0.5) is 10.1 Å². The Kier molecular flexibility index (Phi) is 5.41. The van der Waals surface area contributed by atoms with Gasteiger partial charge in [0.2, 0.25) is 0 Å². The number of piperidine rings is 1. The van der Waals surface area contributed by atoms with E-state index in [-0.39, 0.29) is 17.7 Å². The Hall–Kier alpha value is -1.95. The Labute approximate surface area is 166 Å². The molecule has 1 N–H and O–H groups in total. The predicted molar refractivity (Wildman–Crippen MR) is 107 cm³/mol. The van der Waals surface area contributed by atoms with Gasteiger partial charge in [-0.15, -0.1) is 0 Å². The SMILES string of the molecule is CC(C)C1CCC(N2CCC(N3C(=O)/C(=N\O)c4cc(F)ccc43)CC2)CC1. The van der Waals surface area contributed by atoms with Crippen LogP contribution in [0.3, 0.4) is 0 Å². The van der Waals surface area contributed by atoms with E-state index >= 15 is 0 Å². The van der Waals surface area contributed by atoms with Crippen molar-refractivity contribution in [2.45, 2.75) is 64.5 Å². The Morgan fingerprint density at radius 1 is 1.07 bits per heavy atom. The first kappa shape index (κ1) is 19.4. The third-order valence-corrected chi connectivity index (χ3v) is 7.06. The Bertz CT molecular complexity index is 763. The highest BCUT2D eigenvalue weighted by Crippen LogP contribution is 2.37. The first-order valence-electron chi connectivity index (χ1n) is 10.6. The van der Waals surface area contributed by atoms with Crippen LogP contribution in [-0.4, -0.2) is 46.9 Å². The topological polar surface area (TPSA) is 56.1 Å². The van der Waals surface area contributed by atoms with Crippen LogP contribution < -0.4 is 4.90 Å². The fourth-order valence-electron chi connectivity index (χ4n) is 5.35. The second-order valence-corrected chi connectivity index (χ2v) is 8.86. The van der Waals surface area contributed by atoms with Gasteiger partial charge in [0.05, 0.1) is 5.69 Å². The molecule has 5 nitrogen and oxygen atoms in total. The number of anilines is 1. The van der Waals surface area contributed by atoms with Gasteiger partial charge in [-0.2, -0.15) is 0 Å².